The maximum absolute atomic E-state index is 5.82. The van der Waals surface area contributed by atoms with Crippen LogP contribution in [-0.4, -0.2) is 13.2 Å². The van der Waals surface area contributed by atoms with Crippen molar-refractivity contribution >= 4 is 0 Å². The summed E-state index contributed by atoms with van der Waals surface area (Å²) in [6.45, 7) is 6.81. The van der Waals surface area contributed by atoms with Crippen LogP contribution in [0.25, 0.3) is 0 Å². The molecule has 0 unspecified atom stereocenters. The smallest absolute Gasteiger partial charge is 0.127 e. The summed E-state index contributed by atoms with van der Waals surface area (Å²) in [5.74, 6) is 2.54. The lowest BCUT2D eigenvalue weighted by molar-refractivity contribution is 0.317. The van der Waals surface area contributed by atoms with Gasteiger partial charge in [-0.2, -0.15) is 0 Å². The first-order chi connectivity index (χ1) is 10.3. The van der Waals surface area contributed by atoms with Crippen molar-refractivity contribution in [3.63, 3.8) is 0 Å². The van der Waals surface area contributed by atoms with Crippen LogP contribution in [0.1, 0.15) is 25.8 Å². The van der Waals surface area contributed by atoms with Gasteiger partial charge in [-0.05, 0) is 54.9 Å². The van der Waals surface area contributed by atoms with Gasteiger partial charge in [0, 0.05) is 6.54 Å². The molecule has 21 heavy (non-hydrogen) atoms. The normalized spacial score (nSPS) is 10.4. The Bertz CT molecular complexity index is 470. The molecule has 0 bridgehead atoms. The zero-order chi connectivity index (χ0) is 14.9. The van der Waals surface area contributed by atoms with Crippen LogP contribution in [0, 0.1) is 0 Å². The molecule has 2 rings (SSSR count). The maximum Gasteiger partial charge on any atom is 0.127 e. The molecule has 1 N–H and O–H groups in total. The molecule has 0 saturated carbocycles. The average Bonchev–Trinajstić information content (AvgIpc) is 2.53. The van der Waals surface area contributed by atoms with Crippen molar-refractivity contribution in [1.82, 2.24) is 5.32 Å². The minimum atomic E-state index is 0.744. The van der Waals surface area contributed by atoms with Crippen molar-refractivity contribution in [3.8, 4) is 17.2 Å². The summed E-state index contributed by atoms with van der Waals surface area (Å²) in [5.41, 5.74) is 1.26. The lowest BCUT2D eigenvalue weighted by Crippen LogP contribution is -2.11. The molecule has 0 atom stereocenters. The van der Waals surface area contributed by atoms with Crippen molar-refractivity contribution in [3.05, 3.63) is 54.1 Å². The van der Waals surface area contributed by atoms with Gasteiger partial charge < -0.3 is 14.8 Å². The third-order valence-corrected chi connectivity index (χ3v) is 3.03. The van der Waals surface area contributed by atoms with Gasteiger partial charge in [-0.1, -0.05) is 26.0 Å². The molecule has 0 amide bonds. The molecule has 3 nitrogen and oxygen atoms in total. The number of rotatable bonds is 8. The van der Waals surface area contributed by atoms with Gasteiger partial charge in [-0.25, -0.2) is 0 Å². The second-order valence-corrected chi connectivity index (χ2v) is 4.85. The summed E-state index contributed by atoms with van der Waals surface area (Å²) >= 11 is 0. The molecule has 0 fully saturated rings. The van der Waals surface area contributed by atoms with Gasteiger partial charge in [0.05, 0.1) is 6.61 Å². The van der Waals surface area contributed by atoms with Crippen LogP contribution in [0.3, 0.4) is 0 Å². The first-order valence-electron chi connectivity index (χ1n) is 7.52. The Morgan fingerprint density at radius 1 is 0.810 bits per heavy atom. The monoisotopic (exact) mass is 285 g/mol. The predicted octanol–water partition coefficient (Wildman–Crippen LogP) is 4.38. The fraction of sp³-hybridized carbons (Fsp3) is 0.333. The third kappa shape index (κ3) is 5.12. The van der Waals surface area contributed by atoms with Gasteiger partial charge in [0.15, 0.2) is 0 Å². The van der Waals surface area contributed by atoms with E-state index in [1.54, 1.807) is 0 Å². The van der Waals surface area contributed by atoms with Gasteiger partial charge in [0.25, 0.3) is 0 Å². The fourth-order valence-electron chi connectivity index (χ4n) is 1.90. The Labute approximate surface area is 126 Å². The van der Waals surface area contributed by atoms with E-state index in [2.05, 4.69) is 31.3 Å². The van der Waals surface area contributed by atoms with E-state index in [4.69, 9.17) is 9.47 Å². The van der Waals surface area contributed by atoms with Gasteiger partial charge in [0.2, 0.25) is 0 Å². The van der Waals surface area contributed by atoms with E-state index in [1.165, 1.54) is 5.56 Å². The molecule has 0 saturated heterocycles. The highest BCUT2D eigenvalue weighted by atomic mass is 16.5. The zero-order valence-corrected chi connectivity index (χ0v) is 12.8. The lowest BCUT2D eigenvalue weighted by atomic mass is 10.2. The molecule has 0 aliphatic rings. The number of benzene rings is 2. The first kappa shape index (κ1) is 15.4. The number of nitrogens with one attached hydrogen (secondary N) is 1. The number of hydrogen-bond donors (Lipinski definition) is 1. The van der Waals surface area contributed by atoms with Crippen LogP contribution < -0.4 is 14.8 Å². The molecule has 0 heterocycles. The van der Waals surface area contributed by atoms with E-state index < -0.39 is 0 Å². The van der Waals surface area contributed by atoms with E-state index in [0.717, 1.165) is 43.4 Å². The van der Waals surface area contributed by atoms with Crippen molar-refractivity contribution < 1.29 is 9.47 Å². The van der Waals surface area contributed by atoms with Crippen molar-refractivity contribution in [2.24, 2.45) is 0 Å². The van der Waals surface area contributed by atoms with Gasteiger partial charge in [-0.3, -0.25) is 0 Å². The van der Waals surface area contributed by atoms with E-state index in [-0.39, 0.29) is 0 Å². The Hall–Kier alpha value is -2.00. The molecule has 0 spiro atoms. The summed E-state index contributed by atoms with van der Waals surface area (Å²) in [6, 6.07) is 15.9. The van der Waals surface area contributed by atoms with E-state index in [9.17, 15) is 0 Å². The number of hydrogen-bond acceptors (Lipinski definition) is 3. The van der Waals surface area contributed by atoms with Crippen molar-refractivity contribution in [1.29, 1.82) is 0 Å². The lowest BCUT2D eigenvalue weighted by Gasteiger charge is -2.09. The molecular weight excluding hydrogens is 262 g/mol. The molecule has 2 aromatic rings. The molecule has 112 valence electrons. The van der Waals surface area contributed by atoms with Crippen molar-refractivity contribution in [2.45, 2.75) is 26.8 Å². The molecule has 0 radical (unpaired) electrons. The average molecular weight is 285 g/mol. The molecule has 0 aromatic heterocycles. The summed E-state index contributed by atoms with van der Waals surface area (Å²) in [6.07, 6.45) is 1.01. The first-order valence-corrected chi connectivity index (χ1v) is 7.52. The summed E-state index contributed by atoms with van der Waals surface area (Å²) in [5, 5.41) is 3.30. The van der Waals surface area contributed by atoms with E-state index in [1.807, 2.05) is 36.4 Å². The minimum absolute atomic E-state index is 0.744. The quantitative estimate of drug-likeness (QED) is 0.781. The van der Waals surface area contributed by atoms with Crippen LogP contribution in [0.5, 0.6) is 17.2 Å². The summed E-state index contributed by atoms with van der Waals surface area (Å²) in [7, 11) is 0. The Kier molecular flexibility index (Phi) is 6.10. The second-order valence-electron chi connectivity index (χ2n) is 4.85. The maximum atomic E-state index is 5.82. The summed E-state index contributed by atoms with van der Waals surface area (Å²) in [4.78, 5) is 0. The topological polar surface area (TPSA) is 30.5 Å². The molecular formula is C18H23NO2. The fourth-order valence-corrected chi connectivity index (χ4v) is 1.90. The largest absolute Gasteiger partial charge is 0.494 e. The van der Waals surface area contributed by atoms with Crippen molar-refractivity contribution in [2.75, 3.05) is 13.2 Å². The summed E-state index contributed by atoms with van der Waals surface area (Å²) < 4.78 is 11.4. The zero-order valence-electron chi connectivity index (χ0n) is 12.8. The van der Waals surface area contributed by atoms with Gasteiger partial charge in [0.1, 0.15) is 17.2 Å². The highest BCUT2D eigenvalue weighted by Crippen LogP contribution is 2.24. The van der Waals surface area contributed by atoms with Crippen LogP contribution in [0.4, 0.5) is 0 Å². The highest BCUT2D eigenvalue weighted by molar-refractivity contribution is 5.36. The third-order valence-electron chi connectivity index (χ3n) is 3.03. The molecule has 3 heteroatoms. The Balaban J connectivity index is 1.91. The van der Waals surface area contributed by atoms with Crippen LogP contribution in [0.2, 0.25) is 0 Å². The van der Waals surface area contributed by atoms with Crippen LogP contribution >= 0.6 is 0 Å². The Morgan fingerprint density at radius 2 is 1.38 bits per heavy atom. The predicted molar refractivity (Wildman–Crippen MR) is 86.1 cm³/mol. The Morgan fingerprint density at radius 3 is 1.95 bits per heavy atom. The molecule has 0 aliphatic heterocycles. The second kappa shape index (κ2) is 8.32. The molecule has 2 aromatic carbocycles. The van der Waals surface area contributed by atoms with Gasteiger partial charge in [-0.15, -0.1) is 0 Å². The molecule has 0 aliphatic carbocycles. The van der Waals surface area contributed by atoms with E-state index in [0.29, 0.717) is 0 Å². The number of ether oxygens (including phenoxy) is 2. The SMILES string of the molecule is CCCOc1ccc(Oc2ccc(CNCC)cc2)cc1. The van der Waals surface area contributed by atoms with Crippen LogP contribution in [-0.2, 0) is 6.54 Å². The standard InChI is InChI=1S/C18H23NO2/c1-3-13-20-16-9-11-18(12-10-16)21-17-7-5-15(6-8-17)14-19-4-2/h5-12,19H,3-4,13-14H2,1-2H3. The minimum Gasteiger partial charge on any atom is -0.494 e. The van der Waals surface area contributed by atoms with Gasteiger partial charge >= 0.3 is 0 Å². The van der Waals surface area contributed by atoms with Crippen LogP contribution in [0.15, 0.2) is 48.5 Å². The highest BCUT2D eigenvalue weighted by Gasteiger charge is 1.99. The van der Waals surface area contributed by atoms with E-state index >= 15 is 0 Å².